The number of aryl methyl sites for hydroxylation is 2. The van der Waals surface area contributed by atoms with E-state index in [0.29, 0.717) is 5.52 Å². The molecule has 1 heterocycles. The van der Waals surface area contributed by atoms with Crippen LogP contribution in [0.4, 0.5) is 10.2 Å². The van der Waals surface area contributed by atoms with Crippen LogP contribution in [0, 0.1) is 12.7 Å². The maximum Gasteiger partial charge on any atom is 0.149 e. The Balaban J connectivity index is 2.69. The van der Waals surface area contributed by atoms with E-state index in [0.717, 1.165) is 35.2 Å². The van der Waals surface area contributed by atoms with Crippen LogP contribution in [0.25, 0.3) is 10.9 Å². The van der Waals surface area contributed by atoms with Gasteiger partial charge in [0.25, 0.3) is 0 Å². The predicted octanol–water partition coefficient (Wildman–Crippen LogP) is 3.68. The van der Waals surface area contributed by atoms with Gasteiger partial charge in [0.2, 0.25) is 0 Å². The highest BCUT2D eigenvalue weighted by Gasteiger charge is 2.09. The summed E-state index contributed by atoms with van der Waals surface area (Å²) in [6.07, 6.45) is 2.00. The molecule has 2 aromatic rings. The Labute approximate surface area is 101 Å². The fourth-order valence-electron chi connectivity index (χ4n) is 2.11. The number of hydrogen-bond donors (Lipinski definition) is 1. The van der Waals surface area contributed by atoms with Gasteiger partial charge in [-0.2, -0.15) is 0 Å². The molecule has 0 saturated carbocycles. The molecule has 2 rings (SSSR count). The molecule has 0 bridgehead atoms. The van der Waals surface area contributed by atoms with Crippen molar-refractivity contribution in [3.05, 3.63) is 35.1 Å². The summed E-state index contributed by atoms with van der Waals surface area (Å²) in [6, 6.07) is 5.53. The molecular formula is C14H17FN2. The lowest BCUT2D eigenvalue weighted by atomic mass is 10.1. The Morgan fingerprint density at radius 2 is 2.06 bits per heavy atom. The van der Waals surface area contributed by atoms with Crippen molar-refractivity contribution in [2.45, 2.75) is 26.7 Å². The van der Waals surface area contributed by atoms with Gasteiger partial charge in [0, 0.05) is 12.4 Å². The highest BCUT2D eigenvalue weighted by atomic mass is 19.1. The van der Waals surface area contributed by atoms with Crippen molar-refractivity contribution in [2.24, 2.45) is 0 Å². The molecule has 2 nitrogen and oxygen atoms in total. The van der Waals surface area contributed by atoms with E-state index in [9.17, 15) is 4.39 Å². The van der Waals surface area contributed by atoms with E-state index in [1.54, 1.807) is 0 Å². The summed E-state index contributed by atoms with van der Waals surface area (Å²) in [6.45, 7) is 4.02. The first-order valence-electron chi connectivity index (χ1n) is 5.93. The van der Waals surface area contributed by atoms with E-state index in [4.69, 9.17) is 0 Å². The fourth-order valence-corrected chi connectivity index (χ4v) is 2.11. The molecule has 1 aromatic heterocycles. The summed E-state index contributed by atoms with van der Waals surface area (Å²) in [7, 11) is 1.82. The second-order valence-electron chi connectivity index (χ2n) is 4.31. The normalized spacial score (nSPS) is 10.8. The number of nitrogens with one attached hydrogen (secondary N) is 1. The maximum atomic E-state index is 13.8. The Morgan fingerprint density at radius 1 is 1.29 bits per heavy atom. The Hall–Kier alpha value is -1.64. The highest BCUT2D eigenvalue weighted by molar-refractivity contribution is 5.83. The second kappa shape index (κ2) is 4.70. The lowest BCUT2D eigenvalue weighted by molar-refractivity contribution is 0.635. The second-order valence-corrected chi connectivity index (χ2v) is 4.31. The zero-order chi connectivity index (χ0) is 12.4. The quantitative estimate of drug-likeness (QED) is 0.873. The molecule has 1 aromatic carbocycles. The van der Waals surface area contributed by atoms with Crippen LogP contribution in [0.2, 0.25) is 0 Å². The Kier molecular flexibility index (Phi) is 3.27. The maximum absolute atomic E-state index is 13.8. The molecule has 0 aliphatic heterocycles. The molecule has 0 atom stereocenters. The van der Waals surface area contributed by atoms with Crippen LogP contribution in [0.5, 0.6) is 0 Å². The van der Waals surface area contributed by atoms with Gasteiger partial charge >= 0.3 is 0 Å². The molecule has 0 spiro atoms. The number of aromatic nitrogens is 1. The number of fused-ring (bicyclic) bond motifs is 1. The third kappa shape index (κ3) is 2.23. The summed E-state index contributed by atoms with van der Waals surface area (Å²) in [5.41, 5.74) is 2.52. The van der Waals surface area contributed by atoms with Crippen molar-refractivity contribution in [3.8, 4) is 0 Å². The number of halogens is 1. The predicted molar refractivity (Wildman–Crippen MR) is 70.0 cm³/mol. The number of pyridine rings is 1. The zero-order valence-corrected chi connectivity index (χ0v) is 10.5. The first-order valence-corrected chi connectivity index (χ1v) is 5.93. The SMILES string of the molecule is CCCc1cc2cc(C)cc(F)c2nc1NC. The van der Waals surface area contributed by atoms with E-state index in [2.05, 4.69) is 17.2 Å². The van der Waals surface area contributed by atoms with Crippen molar-refractivity contribution in [1.82, 2.24) is 4.98 Å². The highest BCUT2D eigenvalue weighted by Crippen LogP contribution is 2.24. The summed E-state index contributed by atoms with van der Waals surface area (Å²) in [5.74, 6) is 0.529. The average molecular weight is 232 g/mol. The van der Waals surface area contributed by atoms with Crippen molar-refractivity contribution < 1.29 is 4.39 Å². The van der Waals surface area contributed by atoms with E-state index in [1.165, 1.54) is 6.07 Å². The Morgan fingerprint density at radius 3 is 2.71 bits per heavy atom. The first-order chi connectivity index (χ1) is 8.15. The summed E-state index contributed by atoms with van der Waals surface area (Å²) >= 11 is 0. The average Bonchev–Trinajstić information content (AvgIpc) is 2.28. The largest absolute Gasteiger partial charge is 0.373 e. The molecule has 1 N–H and O–H groups in total. The monoisotopic (exact) mass is 232 g/mol. The zero-order valence-electron chi connectivity index (χ0n) is 10.5. The van der Waals surface area contributed by atoms with Crippen LogP contribution in [0.15, 0.2) is 18.2 Å². The van der Waals surface area contributed by atoms with Crippen LogP contribution >= 0.6 is 0 Å². The van der Waals surface area contributed by atoms with Crippen LogP contribution in [-0.4, -0.2) is 12.0 Å². The van der Waals surface area contributed by atoms with Gasteiger partial charge in [0.05, 0.1) is 0 Å². The Bertz CT molecular complexity index is 549. The van der Waals surface area contributed by atoms with Gasteiger partial charge in [0.1, 0.15) is 17.2 Å². The lowest BCUT2D eigenvalue weighted by Gasteiger charge is -2.10. The number of benzene rings is 1. The molecule has 0 aliphatic carbocycles. The van der Waals surface area contributed by atoms with Gasteiger partial charge < -0.3 is 5.32 Å². The molecule has 0 aliphatic rings. The minimum Gasteiger partial charge on any atom is -0.373 e. The summed E-state index contributed by atoms with van der Waals surface area (Å²) in [5, 5.41) is 3.92. The van der Waals surface area contributed by atoms with E-state index in [-0.39, 0.29) is 5.82 Å². The molecule has 3 heteroatoms. The van der Waals surface area contributed by atoms with Crippen molar-refractivity contribution in [2.75, 3.05) is 12.4 Å². The van der Waals surface area contributed by atoms with E-state index < -0.39 is 0 Å². The van der Waals surface area contributed by atoms with Gasteiger partial charge in [-0.1, -0.05) is 13.3 Å². The molecule has 17 heavy (non-hydrogen) atoms. The third-order valence-electron chi connectivity index (χ3n) is 2.85. The minimum absolute atomic E-state index is 0.250. The van der Waals surface area contributed by atoms with Gasteiger partial charge in [-0.25, -0.2) is 9.37 Å². The van der Waals surface area contributed by atoms with Crippen LogP contribution in [0.3, 0.4) is 0 Å². The van der Waals surface area contributed by atoms with Gasteiger partial charge in [-0.3, -0.25) is 0 Å². The standard InChI is InChI=1S/C14H17FN2/c1-4-5-10-8-11-6-9(2)7-12(15)13(11)17-14(10)16-3/h6-8H,4-5H2,1-3H3,(H,16,17). The topological polar surface area (TPSA) is 24.9 Å². The van der Waals surface area contributed by atoms with Gasteiger partial charge in [-0.15, -0.1) is 0 Å². The number of nitrogens with zero attached hydrogens (tertiary/aromatic N) is 1. The molecule has 90 valence electrons. The van der Waals surface area contributed by atoms with Crippen molar-refractivity contribution in [1.29, 1.82) is 0 Å². The molecular weight excluding hydrogens is 215 g/mol. The van der Waals surface area contributed by atoms with Crippen molar-refractivity contribution in [3.63, 3.8) is 0 Å². The molecule has 0 fully saturated rings. The lowest BCUT2D eigenvalue weighted by Crippen LogP contribution is -2.00. The molecule has 0 unspecified atom stereocenters. The molecule has 0 amide bonds. The van der Waals surface area contributed by atoms with Gasteiger partial charge in [0.15, 0.2) is 0 Å². The van der Waals surface area contributed by atoms with Crippen LogP contribution in [-0.2, 0) is 6.42 Å². The molecule has 0 saturated heterocycles. The van der Waals surface area contributed by atoms with E-state index in [1.807, 2.05) is 26.1 Å². The first kappa shape index (κ1) is 11.8. The third-order valence-corrected chi connectivity index (χ3v) is 2.85. The summed E-state index contributed by atoms with van der Waals surface area (Å²) in [4.78, 5) is 4.37. The van der Waals surface area contributed by atoms with Crippen LogP contribution in [0.1, 0.15) is 24.5 Å². The van der Waals surface area contributed by atoms with E-state index >= 15 is 0 Å². The molecule has 0 radical (unpaired) electrons. The summed E-state index contributed by atoms with van der Waals surface area (Å²) < 4.78 is 13.8. The number of rotatable bonds is 3. The smallest absolute Gasteiger partial charge is 0.149 e. The van der Waals surface area contributed by atoms with Crippen molar-refractivity contribution >= 4 is 16.7 Å². The minimum atomic E-state index is -0.250. The number of anilines is 1. The van der Waals surface area contributed by atoms with Crippen LogP contribution < -0.4 is 5.32 Å². The van der Waals surface area contributed by atoms with Gasteiger partial charge in [-0.05, 0) is 42.7 Å². The fraction of sp³-hybridized carbons (Fsp3) is 0.357. The number of hydrogen-bond acceptors (Lipinski definition) is 2.